The Morgan fingerprint density at radius 1 is 0.821 bits per heavy atom. The largest absolute Gasteiger partial charge is 0.493 e. The Kier molecular flexibility index (Phi) is 8.80. The minimum absolute atomic E-state index is 0.0753. The van der Waals surface area contributed by atoms with Crippen molar-refractivity contribution in [2.75, 3.05) is 26.1 Å². The molecule has 0 spiro atoms. The number of carbonyl (C=O) groups is 1. The summed E-state index contributed by atoms with van der Waals surface area (Å²) in [6.07, 6.45) is -10.3. The molecule has 3 rings (SSSR count). The first-order valence-corrected chi connectivity index (χ1v) is 12.4. The van der Waals surface area contributed by atoms with Gasteiger partial charge >= 0.3 is 12.4 Å². The molecule has 0 saturated heterocycles. The van der Waals surface area contributed by atoms with Gasteiger partial charge in [0.15, 0.2) is 11.5 Å². The van der Waals surface area contributed by atoms with E-state index in [9.17, 15) is 39.6 Å². The number of hydrogen-bond acceptors (Lipinski definition) is 5. The van der Waals surface area contributed by atoms with E-state index in [2.05, 4.69) is 0 Å². The number of carbonyl (C=O) groups excluding carboxylic acids is 1. The molecule has 0 unspecified atom stereocenters. The lowest BCUT2D eigenvalue weighted by atomic mass is 10.1. The number of hydrogen-bond donors (Lipinski definition) is 1. The molecule has 0 aliphatic rings. The summed E-state index contributed by atoms with van der Waals surface area (Å²) in [5, 5.41) is 1.96. The zero-order chi connectivity index (χ0) is 29.0. The summed E-state index contributed by atoms with van der Waals surface area (Å²) in [6.45, 7) is -1.26. The molecule has 3 aromatic rings. The van der Waals surface area contributed by atoms with Gasteiger partial charge in [0.25, 0.3) is 0 Å². The van der Waals surface area contributed by atoms with Crippen molar-refractivity contribution in [2.24, 2.45) is 0 Å². The molecule has 0 atom stereocenters. The lowest BCUT2D eigenvalue weighted by molar-refractivity contribution is -0.143. The Hall–Kier alpha value is -3.78. The maximum absolute atomic E-state index is 13.5. The van der Waals surface area contributed by atoms with Crippen LogP contribution >= 0.6 is 0 Å². The number of methoxy groups -OCH3 is 2. The Morgan fingerprint density at radius 3 is 1.90 bits per heavy atom. The predicted molar refractivity (Wildman–Crippen MR) is 129 cm³/mol. The van der Waals surface area contributed by atoms with Crippen LogP contribution in [0, 0.1) is 0 Å². The topological polar surface area (TPSA) is 84.9 Å². The zero-order valence-corrected chi connectivity index (χ0v) is 21.2. The van der Waals surface area contributed by atoms with E-state index in [-0.39, 0.29) is 29.0 Å². The van der Waals surface area contributed by atoms with E-state index in [1.54, 1.807) is 30.3 Å². The minimum atomic E-state index is -5.13. The predicted octanol–water partition coefficient (Wildman–Crippen LogP) is 5.57. The fourth-order valence-corrected chi connectivity index (χ4v) is 4.93. The third kappa shape index (κ3) is 7.41. The number of nitrogens with one attached hydrogen (secondary N) is 1. The van der Waals surface area contributed by atoms with E-state index in [0.717, 1.165) is 10.4 Å². The second-order valence-electron chi connectivity index (χ2n) is 8.12. The molecule has 0 radical (unpaired) electrons. The summed E-state index contributed by atoms with van der Waals surface area (Å²) < 4.78 is 117. The maximum Gasteiger partial charge on any atom is 0.416 e. The molecule has 1 amide bonds. The Bertz CT molecular complexity index is 1390. The third-order valence-electron chi connectivity index (χ3n) is 5.39. The normalized spacial score (nSPS) is 12.3. The van der Waals surface area contributed by atoms with Gasteiger partial charge in [-0.2, -0.15) is 30.6 Å². The smallest absolute Gasteiger partial charge is 0.416 e. The molecule has 0 bridgehead atoms. The monoisotopic (exact) mass is 576 g/mol. The van der Waals surface area contributed by atoms with Crippen molar-refractivity contribution in [1.29, 1.82) is 0 Å². The highest BCUT2D eigenvalue weighted by atomic mass is 32.2. The summed E-state index contributed by atoms with van der Waals surface area (Å²) in [4.78, 5) is 12.5. The second kappa shape index (κ2) is 11.5. The molecule has 3 aromatic carbocycles. The van der Waals surface area contributed by atoms with Crippen molar-refractivity contribution < 1.29 is 49.0 Å². The first-order chi connectivity index (χ1) is 18.1. The average Bonchev–Trinajstić information content (AvgIpc) is 2.87. The maximum atomic E-state index is 13.5. The molecule has 0 fully saturated rings. The Morgan fingerprint density at radius 2 is 1.38 bits per heavy atom. The van der Waals surface area contributed by atoms with E-state index < -0.39 is 51.6 Å². The number of nitrogens with zero attached hydrogens (tertiary/aromatic N) is 1. The highest BCUT2D eigenvalue weighted by molar-refractivity contribution is 7.89. The standard InChI is InChI=1S/C25H22F6N2O5S/c1-37-21-9-8-20(13-22(21)38-2)39(35,36)33(14-16-6-4-3-5-7-16)15-23(34)32-19-11-17(24(26,27)28)10-18(12-19)25(29,30)31/h3-13H,14-15H2,1-2H3,(H,32,34). The van der Waals surface area contributed by atoms with E-state index in [1.165, 1.54) is 26.4 Å². The van der Waals surface area contributed by atoms with Gasteiger partial charge in [-0.15, -0.1) is 0 Å². The average molecular weight is 577 g/mol. The number of rotatable bonds is 9. The number of ether oxygens (including phenoxy) is 2. The minimum Gasteiger partial charge on any atom is -0.493 e. The number of anilines is 1. The molecule has 14 heteroatoms. The molecule has 39 heavy (non-hydrogen) atoms. The molecule has 0 saturated carbocycles. The van der Waals surface area contributed by atoms with Gasteiger partial charge in [0.2, 0.25) is 15.9 Å². The second-order valence-corrected chi connectivity index (χ2v) is 10.1. The molecule has 1 N–H and O–H groups in total. The van der Waals surface area contributed by atoms with Gasteiger partial charge in [-0.25, -0.2) is 8.42 Å². The van der Waals surface area contributed by atoms with Crippen molar-refractivity contribution in [3.05, 3.63) is 83.4 Å². The SMILES string of the molecule is COc1ccc(S(=O)(=O)N(CC(=O)Nc2cc(C(F)(F)F)cc(C(F)(F)F)c2)Cc2ccccc2)cc1OC. The molecule has 0 heterocycles. The van der Waals surface area contributed by atoms with E-state index in [4.69, 9.17) is 9.47 Å². The van der Waals surface area contributed by atoms with Crippen LogP contribution in [0.3, 0.4) is 0 Å². The molecule has 0 aliphatic carbocycles. The molecule has 210 valence electrons. The number of sulfonamides is 1. The fraction of sp³-hybridized carbons (Fsp3) is 0.240. The van der Waals surface area contributed by atoms with Crippen LogP contribution in [0.2, 0.25) is 0 Å². The fourth-order valence-electron chi connectivity index (χ4n) is 3.53. The van der Waals surface area contributed by atoms with Gasteiger partial charge in [0.1, 0.15) is 0 Å². The quantitative estimate of drug-likeness (QED) is 0.337. The van der Waals surface area contributed by atoms with Gasteiger partial charge in [-0.05, 0) is 35.9 Å². The number of alkyl halides is 6. The van der Waals surface area contributed by atoms with Crippen LogP contribution in [-0.2, 0) is 33.7 Å². The van der Waals surface area contributed by atoms with Gasteiger partial charge < -0.3 is 14.8 Å². The van der Waals surface area contributed by atoms with E-state index >= 15 is 0 Å². The van der Waals surface area contributed by atoms with E-state index in [1.807, 2.05) is 5.32 Å². The summed E-state index contributed by atoms with van der Waals surface area (Å²) in [5.41, 5.74) is -3.60. The van der Waals surface area contributed by atoms with Crippen LogP contribution in [0.15, 0.2) is 71.6 Å². The summed E-state index contributed by atoms with van der Waals surface area (Å²) in [6, 6.07) is 12.4. The number of amides is 1. The molecular weight excluding hydrogens is 554 g/mol. The van der Waals surface area contributed by atoms with Crippen molar-refractivity contribution in [2.45, 2.75) is 23.8 Å². The van der Waals surface area contributed by atoms with Crippen molar-refractivity contribution >= 4 is 21.6 Å². The van der Waals surface area contributed by atoms with Gasteiger partial charge in [0, 0.05) is 18.3 Å². The van der Waals surface area contributed by atoms with Crippen LogP contribution in [-0.4, -0.2) is 39.4 Å². The number of halogens is 6. The van der Waals surface area contributed by atoms with E-state index in [0.29, 0.717) is 17.7 Å². The van der Waals surface area contributed by atoms with Crippen LogP contribution in [0.25, 0.3) is 0 Å². The first-order valence-electron chi connectivity index (χ1n) is 11.0. The lowest BCUT2D eigenvalue weighted by Crippen LogP contribution is -2.37. The van der Waals surface area contributed by atoms with Crippen LogP contribution in [0.1, 0.15) is 16.7 Å². The Labute approximate surface area is 220 Å². The highest BCUT2D eigenvalue weighted by Crippen LogP contribution is 2.37. The lowest BCUT2D eigenvalue weighted by Gasteiger charge is -2.23. The third-order valence-corrected chi connectivity index (χ3v) is 7.17. The summed E-state index contributed by atoms with van der Waals surface area (Å²) in [5.74, 6) is -0.859. The zero-order valence-electron chi connectivity index (χ0n) is 20.4. The molecule has 7 nitrogen and oxygen atoms in total. The van der Waals surface area contributed by atoms with Gasteiger partial charge in [0.05, 0.1) is 36.8 Å². The van der Waals surface area contributed by atoms with Crippen molar-refractivity contribution in [3.63, 3.8) is 0 Å². The van der Waals surface area contributed by atoms with Crippen LogP contribution in [0.5, 0.6) is 11.5 Å². The van der Waals surface area contributed by atoms with Crippen molar-refractivity contribution in [1.82, 2.24) is 4.31 Å². The van der Waals surface area contributed by atoms with Crippen LogP contribution < -0.4 is 14.8 Å². The molecular formula is C25H22F6N2O5S. The van der Waals surface area contributed by atoms with Crippen LogP contribution in [0.4, 0.5) is 32.0 Å². The molecule has 0 aromatic heterocycles. The highest BCUT2D eigenvalue weighted by Gasteiger charge is 2.37. The molecule has 0 aliphatic heterocycles. The summed E-state index contributed by atoms with van der Waals surface area (Å²) in [7, 11) is -1.80. The van der Waals surface area contributed by atoms with Gasteiger partial charge in [-0.3, -0.25) is 4.79 Å². The van der Waals surface area contributed by atoms with Gasteiger partial charge in [-0.1, -0.05) is 30.3 Å². The first kappa shape index (κ1) is 29.8. The number of benzene rings is 3. The van der Waals surface area contributed by atoms with Crippen molar-refractivity contribution in [3.8, 4) is 11.5 Å². The Balaban J connectivity index is 1.97. The summed E-state index contributed by atoms with van der Waals surface area (Å²) >= 11 is 0.